The summed E-state index contributed by atoms with van der Waals surface area (Å²) in [5, 5.41) is 11.2. The Morgan fingerprint density at radius 2 is 1.64 bits per heavy atom. The van der Waals surface area contributed by atoms with Gasteiger partial charge in [-0.15, -0.1) is 21.5 Å². The monoisotopic (exact) mass is 374 g/mol. The highest BCUT2D eigenvalue weighted by atomic mass is 32.2. The Kier molecular flexibility index (Phi) is 5.00. The van der Waals surface area contributed by atoms with Gasteiger partial charge in [-0.25, -0.2) is 8.42 Å². The van der Waals surface area contributed by atoms with Gasteiger partial charge in [0.2, 0.25) is 0 Å². The molecule has 3 aromatic rings. The molecule has 130 valence electrons. The highest BCUT2D eigenvalue weighted by Gasteiger charge is 2.17. The number of sulfonamides is 1. The lowest BCUT2D eigenvalue weighted by Gasteiger charge is -2.14. The Morgan fingerprint density at radius 3 is 2.24 bits per heavy atom. The Balaban J connectivity index is 1.68. The van der Waals surface area contributed by atoms with E-state index in [4.69, 9.17) is 0 Å². The molecule has 0 radical (unpaired) electrons. The minimum Gasteiger partial charge on any atom is -0.362 e. The first-order chi connectivity index (χ1) is 11.9. The molecule has 1 unspecified atom stereocenters. The summed E-state index contributed by atoms with van der Waals surface area (Å²) in [7, 11) is -3.63. The van der Waals surface area contributed by atoms with Gasteiger partial charge in [-0.1, -0.05) is 30.3 Å². The Morgan fingerprint density at radius 1 is 0.960 bits per heavy atom. The molecular formula is C17H18N4O2S2. The van der Waals surface area contributed by atoms with E-state index in [1.165, 1.54) is 11.3 Å². The van der Waals surface area contributed by atoms with Crippen LogP contribution in [-0.4, -0.2) is 18.6 Å². The van der Waals surface area contributed by atoms with E-state index >= 15 is 0 Å². The summed E-state index contributed by atoms with van der Waals surface area (Å²) < 4.78 is 27.3. The average molecular weight is 374 g/mol. The molecule has 0 aliphatic carbocycles. The van der Waals surface area contributed by atoms with Crippen LogP contribution in [0.1, 0.15) is 23.4 Å². The van der Waals surface area contributed by atoms with Gasteiger partial charge in [0.1, 0.15) is 10.0 Å². The van der Waals surface area contributed by atoms with Crippen molar-refractivity contribution in [3.8, 4) is 0 Å². The fourth-order valence-corrected chi connectivity index (χ4v) is 4.53. The van der Waals surface area contributed by atoms with E-state index in [2.05, 4.69) is 20.2 Å². The zero-order valence-electron chi connectivity index (χ0n) is 13.8. The van der Waals surface area contributed by atoms with Crippen LogP contribution < -0.4 is 10.0 Å². The molecule has 0 saturated heterocycles. The number of anilines is 2. The molecule has 3 rings (SSSR count). The third-order valence-corrected chi connectivity index (χ3v) is 6.40. The van der Waals surface area contributed by atoms with Gasteiger partial charge < -0.3 is 5.32 Å². The highest BCUT2D eigenvalue weighted by molar-refractivity contribution is 7.94. The molecule has 25 heavy (non-hydrogen) atoms. The van der Waals surface area contributed by atoms with Crippen LogP contribution in [0.25, 0.3) is 0 Å². The quantitative estimate of drug-likeness (QED) is 0.685. The van der Waals surface area contributed by atoms with E-state index in [0.29, 0.717) is 5.82 Å². The number of nitrogens with zero attached hydrogens (tertiary/aromatic N) is 2. The highest BCUT2D eigenvalue weighted by Crippen LogP contribution is 2.23. The number of nitrogens with one attached hydrogen (secondary N) is 2. The maximum absolute atomic E-state index is 12.3. The summed E-state index contributed by atoms with van der Waals surface area (Å²) in [6, 6.07) is 16.7. The SMILES string of the molecule is Cc1ccc(S(=O)(=O)Nc2ccc(NC(C)c3ccccc3)nn2)s1. The second-order valence-electron chi connectivity index (χ2n) is 5.55. The van der Waals surface area contributed by atoms with Gasteiger partial charge in [0.05, 0.1) is 0 Å². The van der Waals surface area contributed by atoms with Crippen LogP contribution in [0, 0.1) is 6.92 Å². The molecule has 0 aliphatic rings. The van der Waals surface area contributed by atoms with Crippen molar-refractivity contribution in [3.05, 3.63) is 65.0 Å². The molecule has 0 saturated carbocycles. The zero-order chi connectivity index (χ0) is 17.9. The van der Waals surface area contributed by atoms with Gasteiger partial charge in [-0.05, 0) is 43.7 Å². The summed E-state index contributed by atoms with van der Waals surface area (Å²) >= 11 is 1.21. The Labute approximate surface area is 151 Å². The summed E-state index contributed by atoms with van der Waals surface area (Å²) in [4.78, 5) is 0.931. The van der Waals surface area contributed by atoms with Gasteiger partial charge in [0.25, 0.3) is 10.0 Å². The average Bonchev–Trinajstić information content (AvgIpc) is 3.05. The number of thiophene rings is 1. The molecule has 0 amide bonds. The Hall–Kier alpha value is -2.45. The second-order valence-corrected chi connectivity index (χ2v) is 8.75. The van der Waals surface area contributed by atoms with Crippen molar-refractivity contribution >= 4 is 33.0 Å². The maximum atomic E-state index is 12.3. The predicted molar refractivity (Wildman–Crippen MR) is 100 cm³/mol. The molecule has 0 fully saturated rings. The van der Waals surface area contributed by atoms with E-state index in [9.17, 15) is 8.42 Å². The lowest BCUT2D eigenvalue weighted by atomic mass is 10.1. The van der Waals surface area contributed by atoms with Crippen LogP contribution >= 0.6 is 11.3 Å². The van der Waals surface area contributed by atoms with Crippen molar-refractivity contribution in [1.82, 2.24) is 10.2 Å². The van der Waals surface area contributed by atoms with E-state index in [1.807, 2.05) is 44.2 Å². The minimum atomic E-state index is -3.63. The van der Waals surface area contributed by atoms with Crippen molar-refractivity contribution in [3.63, 3.8) is 0 Å². The molecule has 2 heterocycles. The number of hydrogen-bond donors (Lipinski definition) is 2. The number of aromatic nitrogens is 2. The van der Waals surface area contributed by atoms with Crippen LogP contribution in [0.3, 0.4) is 0 Å². The fourth-order valence-electron chi connectivity index (χ4n) is 2.26. The van der Waals surface area contributed by atoms with Crippen LogP contribution in [-0.2, 0) is 10.0 Å². The lowest BCUT2D eigenvalue weighted by Crippen LogP contribution is -2.14. The van der Waals surface area contributed by atoms with Gasteiger partial charge >= 0.3 is 0 Å². The van der Waals surface area contributed by atoms with Gasteiger partial charge in [-0.3, -0.25) is 4.72 Å². The number of rotatable bonds is 6. The zero-order valence-corrected chi connectivity index (χ0v) is 15.4. The maximum Gasteiger partial charge on any atom is 0.272 e. The topological polar surface area (TPSA) is 84.0 Å². The van der Waals surface area contributed by atoms with Crippen LogP contribution in [0.2, 0.25) is 0 Å². The van der Waals surface area contributed by atoms with Crippen LogP contribution in [0.15, 0.2) is 58.8 Å². The normalized spacial score (nSPS) is 12.6. The van der Waals surface area contributed by atoms with Crippen LogP contribution in [0.5, 0.6) is 0 Å². The van der Waals surface area contributed by atoms with E-state index in [0.717, 1.165) is 10.4 Å². The molecule has 1 atom stereocenters. The van der Waals surface area contributed by atoms with E-state index in [1.54, 1.807) is 24.3 Å². The van der Waals surface area contributed by atoms with Gasteiger partial charge in [0.15, 0.2) is 5.82 Å². The molecule has 0 spiro atoms. The summed E-state index contributed by atoms with van der Waals surface area (Å²) in [5.41, 5.74) is 1.13. The first kappa shape index (κ1) is 17.4. The molecule has 6 nitrogen and oxygen atoms in total. The molecule has 8 heteroatoms. The first-order valence-electron chi connectivity index (χ1n) is 7.68. The van der Waals surface area contributed by atoms with Crippen molar-refractivity contribution in [2.45, 2.75) is 24.1 Å². The van der Waals surface area contributed by atoms with Crippen LogP contribution in [0.4, 0.5) is 11.6 Å². The standard InChI is InChI=1S/C17H18N4O2S2/c1-12-8-11-17(24-12)25(22,23)21-16-10-9-15(19-20-16)18-13(2)14-6-4-3-5-7-14/h3-11,13H,1-2H3,(H,18,19)(H,20,21). The minimum absolute atomic E-state index is 0.0622. The largest absolute Gasteiger partial charge is 0.362 e. The van der Waals surface area contributed by atoms with Gasteiger partial charge in [0, 0.05) is 10.9 Å². The predicted octanol–water partition coefficient (Wildman–Crippen LogP) is 3.82. The van der Waals surface area contributed by atoms with Crippen molar-refractivity contribution in [2.75, 3.05) is 10.0 Å². The summed E-state index contributed by atoms with van der Waals surface area (Å²) in [6.45, 7) is 3.88. The molecule has 2 N–H and O–H groups in total. The van der Waals surface area contributed by atoms with E-state index < -0.39 is 10.0 Å². The third kappa shape index (κ3) is 4.34. The molecule has 0 bridgehead atoms. The molecule has 1 aromatic carbocycles. The van der Waals surface area contributed by atoms with Crippen molar-refractivity contribution in [1.29, 1.82) is 0 Å². The second kappa shape index (κ2) is 7.20. The fraction of sp³-hybridized carbons (Fsp3) is 0.176. The van der Waals surface area contributed by atoms with Crippen molar-refractivity contribution in [2.24, 2.45) is 0 Å². The molecule has 0 aliphatic heterocycles. The van der Waals surface area contributed by atoms with Crippen molar-refractivity contribution < 1.29 is 8.42 Å². The smallest absolute Gasteiger partial charge is 0.272 e. The first-order valence-corrected chi connectivity index (χ1v) is 9.98. The molecular weight excluding hydrogens is 356 g/mol. The number of benzene rings is 1. The number of aryl methyl sites for hydroxylation is 1. The number of hydrogen-bond acceptors (Lipinski definition) is 6. The molecule has 2 aromatic heterocycles. The van der Waals surface area contributed by atoms with E-state index in [-0.39, 0.29) is 16.1 Å². The third-order valence-electron chi connectivity index (χ3n) is 3.55. The summed E-state index contributed by atoms with van der Waals surface area (Å²) in [6.07, 6.45) is 0. The Bertz CT molecular complexity index is 938. The summed E-state index contributed by atoms with van der Waals surface area (Å²) in [5.74, 6) is 0.759. The lowest BCUT2D eigenvalue weighted by molar-refractivity contribution is 0.603. The van der Waals surface area contributed by atoms with Gasteiger partial charge in [-0.2, -0.15) is 0 Å².